The quantitative estimate of drug-likeness (QED) is 0.788. The van der Waals surface area contributed by atoms with Gasteiger partial charge in [0.2, 0.25) is 0 Å². The zero-order chi connectivity index (χ0) is 14.5. The Kier molecular flexibility index (Phi) is 11.2. The summed E-state index contributed by atoms with van der Waals surface area (Å²) in [7, 11) is 3.17. The Labute approximate surface area is 117 Å². The number of aryl methyl sites for hydroxylation is 1. The normalized spacial score (nSPS) is 13.2. The maximum atomic E-state index is 4.47. The smallest absolute Gasteiger partial charge is 0.145 e. The number of rotatable bonds is 3. The molecule has 110 valence electrons. The first-order valence-electron chi connectivity index (χ1n) is 6.93. The fraction of sp³-hybridized carbons (Fsp3) is 0.667. The van der Waals surface area contributed by atoms with Crippen LogP contribution in [-0.4, -0.2) is 39.1 Å². The molecule has 0 saturated carbocycles. The number of methoxy groups -OCH3 is 2. The summed E-state index contributed by atoms with van der Waals surface area (Å²) in [4.78, 5) is 6.73. The molecule has 0 spiro atoms. The summed E-state index contributed by atoms with van der Waals surface area (Å²) < 4.78 is 8.94. The highest BCUT2D eigenvalue weighted by Gasteiger charge is 2.12. The lowest BCUT2D eigenvalue weighted by Gasteiger charge is -2.15. The van der Waals surface area contributed by atoms with Gasteiger partial charge in [0, 0.05) is 33.5 Å². The molecule has 4 heteroatoms. The van der Waals surface area contributed by atoms with E-state index in [4.69, 9.17) is 0 Å². The molecule has 1 saturated heterocycles. The highest BCUT2D eigenvalue weighted by Crippen LogP contribution is 2.16. The second-order valence-corrected chi connectivity index (χ2v) is 4.08. The molecule has 1 aliphatic rings. The Bertz CT molecular complexity index is 294. The van der Waals surface area contributed by atoms with Crippen LogP contribution in [0.1, 0.15) is 32.3 Å². The lowest BCUT2D eigenvalue weighted by molar-refractivity contribution is -0.00271. The minimum atomic E-state index is 0.389. The van der Waals surface area contributed by atoms with Gasteiger partial charge in [0.05, 0.1) is 0 Å². The van der Waals surface area contributed by atoms with Gasteiger partial charge in [-0.25, -0.2) is 4.98 Å². The van der Waals surface area contributed by atoms with Gasteiger partial charge in [0.25, 0.3) is 0 Å². The zero-order valence-corrected chi connectivity index (χ0v) is 13.0. The second kappa shape index (κ2) is 11.9. The molecule has 0 atom stereocenters. The van der Waals surface area contributed by atoms with E-state index in [-0.39, 0.29) is 0 Å². The van der Waals surface area contributed by atoms with E-state index in [1.54, 1.807) is 14.2 Å². The molecule has 2 heterocycles. The van der Waals surface area contributed by atoms with Crippen LogP contribution in [0, 0.1) is 6.92 Å². The number of pyridine rings is 1. The summed E-state index contributed by atoms with van der Waals surface area (Å²) >= 11 is 0. The highest BCUT2D eigenvalue weighted by atomic mass is 16.6. The lowest BCUT2D eigenvalue weighted by Crippen LogP contribution is -2.18. The Hall–Kier alpha value is -1.13. The highest BCUT2D eigenvalue weighted by molar-refractivity contribution is 5.39. The van der Waals surface area contributed by atoms with Crippen LogP contribution < -0.4 is 4.90 Å². The van der Waals surface area contributed by atoms with Gasteiger partial charge in [0.15, 0.2) is 0 Å². The van der Waals surface area contributed by atoms with Gasteiger partial charge in [-0.15, -0.1) is 0 Å². The van der Waals surface area contributed by atoms with Gasteiger partial charge >= 0.3 is 0 Å². The summed E-state index contributed by atoms with van der Waals surface area (Å²) in [6.07, 6.45) is 4.57. The third kappa shape index (κ3) is 7.80. The molecule has 0 unspecified atom stereocenters. The van der Waals surface area contributed by atoms with Crippen LogP contribution >= 0.6 is 0 Å². The van der Waals surface area contributed by atoms with E-state index in [2.05, 4.69) is 38.4 Å². The Balaban J connectivity index is 0.000000396. The van der Waals surface area contributed by atoms with Gasteiger partial charge in [-0.2, -0.15) is 0 Å². The minimum Gasteiger partial charge on any atom is -0.359 e. The monoisotopic (exact) mass is 268 g/mol. The third-order valence-electron chi connectivity index (χ3n) is 2.56. The topological polar surface area (TPSA) is 34.6 Å². The molecule has 0 aliphatic carbocycles. The van der Waals surface area contributed by atoms with Crippen LogP contribution in [0.4, 0.5) is 5.82 Å². The third-order valence-corrected chi connectivity index (χ3v) is 2.56. The average Bonchev–Trinajstić information content (AvgIpc) is 2.98. The Morgan fingerprint density at radius 2 is 1.68 bits per heavy atom. The number of hydrogen-bond acceptors (Lipinski definition) is 4. The first kappa shape index (κ1) is 17.9. The Morgan fingerprint density at radius 1 is 1.11 bits per heavy atom. The molecule has 1 aromatic rings. The number of hydrogen-bond donors (Lipinski definition) is 0. The van der Waals surface area contributed by atoms with Gasteiger partial charge in [-0.3, -0.25) is 0 Å². The molecule has 0 amide bonds. The number of aromatic nitrogens is 1. The number of ether oxygens (including phenoxy) is 2. The largest absolute Gasteiger partial charge is 0.359 e. The molecule has 0 bridgehead atoms. The molecule has 0 radical (unpaired) electrons. The lowest BCUT2D eigenvalue weighted by atomic mass is 10.3. The van der Waals surface area contributed by atoms with Crippen LogP contribution in [-0.2, 0) is 9.47 Å². The van der Waals surface area contributed by atoms with Crippen molar-refractivity contribution in [2.75, 3.05) is 39.0 Å². The molecule has 4 nitrogen and oxygen atoms in total. The fourth-order valence-electron chi connectivity index (χ4n) is 1.71. The summed E-state index contributed by atoms with van der Waals surface area (Å²) in [5.74, 6) is 1.14. The average molecular weight is 268 g/mol. The van der Waals surface area contributed by atoms with Crippen LogP contribution in [0.25, 0.3) is 0 Å². The van der Waals surface area contributed by atoms with E-state index in [0.29, 0.717) is 6.79 Å². The van der Waals surface area contributed by atoms with Crippen molar-refractivity contribution < 1.29 is 9.47 Å². The minimum absolute atomic E-state index is 0.389. The van der Waals surface area contributed by atoms with E-state index in [0.717, 1.165) is 5.82 Å². The molecule has 2 rings (SSSR count). The number of nitrogens with zero attached hydrogens (tertiary/aromatic N) is 2. The molecule has 1 fully saturated rings. The first-order valence-corrected chi connectivity index (χ1v) is 6.93. The van der Waals surface area contributed by atoms with Crippen LogP contribution in [0.5, 0.6) is 0 Å². The molecule has 1 aromatic heterocycles. The maximum Gasteiger partial charge on any atom is 0.145 e. The number of anilines is 1. The van der Waals surface area contributed by atoms with Gasteiger partial charge in [-0.05, 0) is 31.4 Å². The summed E-state index contributed by atoms with van der Waals surface area (Å²) in [5.41, 5.74) is 1.23. The maximum absolute atomic E-state index is 4.47. The molecule has 19 heavy (non-hydrogen) atoms. The van der Waals surface area contributed by atoms with E-state index < -0.39 is 0 Å². The predicted octanol–water partition coefficient (Wildman–Crippen LogP) is 3.25. The molecule has 1 aliphatic heterocycles. The SMILES string of the molecule is CC.COCOC.Cc1ccc(N2CCCC2)nc1. The van der Waals surface area contributed by atoms with Crippen molar-refractivity contribution in [2.24, 2.45) is 0 Å². The van der Waals surface area contributed by atoms with Crippen molar-refractivity contribution >= 4 is 5.82 Å². The van der Waals surface area contributed by atoms with Crippen molar-refractivity contribution in [1.29, 1.82) is 0 Å². The van der Waals surface area contributed by atoms with Crippen LogP contribution in [0.15, 0.2) is 18.3 Å². The first-order chi connectivity index (χ1) is 9.27. The summed E-state index contributed by atoms with van der Waals surface area (Å²) in [6.45, 7) is 8.81. The van der Waals surface area contributed by atoms with E-state index in [9.17, 15) is 0 Å². The standard InChI is InChI=1S/C10H14N2.C3H8O2.C2H6/c1-9-4-5-10(11-8-9)12-6-2-3-7-12;1-4-3-5-2;1-2/h4-5,8H,2-3,6-7H2,1H3;3H2,1-2H3;1-2H3. The molecule has 0 aromatic carbocycles. The predicted molar refractivity (Wildman–Crippen MR) is 80.7 cm³/mol. The van der Waals surface area contributed by atoms with Crippen molar-refractivity contribution in [3.8, 4) is 0 Å². The molecular formula is C15H28N2O2. The summed E-state index contributed by atoms with van der Waals surface area (Å²) in [6, 6.07) is 4.24. The van der Waals surface area contributed by atoms with Crippen molar-refractivity contribution in [3.05, 3.63) is 23.9 Å². The van der Waals surface area contributed by atoms with E-state index in [1.165, 1.54) is 31.5 Å². The van der Waals surface area contributed by atoms with Crippen LogP contribution in [0.3, 0.4) is 0 Å². The van der Waals surface area contributed by atoms with Gasteiger partial charge in [-0.1, -0.05) is 19.9 Å². The van der Waals surface area contributed by atoms with Crippen molar-refractivity contribution in [2.45, 2.75) is 33.6 Å². The van der Waals surface area contributed by atoms with E-state index in [1.807, 2.05) is 20.0 Å². The van der Waals surface area contributed by atoms with Gasteiger partial charge < -0.3 is 14.4 Å². The van der Waals surface area contributed by atoms with E-state index >= 15 is 0 Å². The molecule has 0 N–H and O–H groups in total. The van der Waals surface area contributed by atoms with Crippen LogP contribution in [0.2, 0.25) is 0 Å². The second-order valence-electron chi connectivity index (χ2n) is 4.08. The summed E-state index contributed by atoms with van der Waals surface area (Å²) in [5, 5.41) is 0. The van der Waals surface area contributed by atoms with Gasteiger partial charge in [0.1, 0.15) is 12.6 Å². The fourth-order valence-corrected chi connectivity index (χ4v) is 1.71. The Morgan fingerprint density at radius 3 is 2.05 bits per heavy atom. The zero-order valence-electron chi connectivity index (χ0n) is 13.0. The molecular weight excluding hydrogens is 240 g/mol. The van der Waals surface area contributed by atoms with Crippen molar-refractivity contribution in [3.63, 3.8) is 0 Å². The van der Waals surface area contributed by atoms with Crippen molar-refractivity contribution in [1.82, 2.24) is 4.98 Å².